The summed E-state index contributed by atoms with van der Waals surface area (Å²) in [6.07, 6.45) is 0.734. The Morgan fingerprint density at radius 3 is 2.84 bits per heavy atom. The molecule has 102 valence electrons. The van der Waals surface area contributed by atoms with Crippen LogP contribution in [0.5, 0.6) is 5.75 Å². The molecule has 5 nitrogen and oxygen atoms in total. The zero-order valence-electron chi connectivity index (χ0n) is 11.3. The zero-order valence-corrected chi connectivity index (χ0v) is 11.3. The van der Waals surface area contributed by atoms with Crippen LogP contribution in [0, 0.1) is 0 Å². The number of para-hydroxylation sites is 1. The van der Waals surface area contributed by atoms with Crippen LogP contribution in [-0.2, 0) is 6.42 Å². The Kier molecular flexibility index (Phi) is 4.92. The summed E-state index contributed by atoms with van der Waals surface area (Å²) in [6.45, 7) is 6.40. The van der Waals surface area contributed by atoms with Crippen LogP contribution < -0.4 is 10.1 Å². The summed E-state index contributed by atoms with van der Waals surface area (Å²) >= 11 is 0. The van der Waals surface area contributed by atoms with E-state index in [1.54, 1.807) is 0 Å². The molecular weight excluding hydrogens is 242 g/mol. The smallest absolute Gasteiger partial charge is 0.251 e. The number of hydrogen-bond donors (Lipinski definition) is 1. The standard InChI is InChI=1S/C14H19N3O2/c1-3-15-10-9-13-16-17-14(19-13)11-7-5-6-8-12(11)18-4-2/h5-8,15H,3-4,9-10H2,1-2H3. The van der Waals surface area contributed by atoms with E-state index in [0.717, 1.165) is 30.8 Å². The topological polar surface area (TPSA) is 60.2 Å². The third-order valence-corrected chi connectivity index (χ3v) is 2.65. The van der Waals surface area contributed by atoms with Gasteiger partial charge in [-0.1, -0.05) is 19.1 Å². The van der Waals surface area contributed by atoms with E-state index in [4.69, 9.17) is 9.15 Å². The van der Waals surface area contributed by atoms with Gasteiger partial charge in [-0.25, -0.2) is 0 Å². The molecule has 0 fully saturated rings. The van der Waals surface area contributed by atoms with Crippen molar-refractivity contribution in [1.29, 1.82) is 0 Å². The maximum atomic E-state index is 5.66. The molecule has 0 saturated heterocycles. The fraction of sp³-hybridized carbons (Fsp3) is 0.429. The third-order valence-electron chi connectivity index (χ3n) is 2.65. The highest BCUT2D eigenvalue weighted by Gasteiger charge is 2.12. The Morgan fingerprint density at radius 2 is 2.05 bits per heavy atom. The lowest BCUT2D eigenvalue weighted by atomic mass is 10.2. The molecule has 19 heavy (non-hydrogen) atoms. The molecule has 0 atom stereocenters. The van der Waals surface area contributed by atoms with Crippen LogP contribution in [0.15, 0.2) is 28.7 Å². The van der Waals surface area contributed by atoms with E-state index < -0.39 is 0 Å². The predicted octanol–water partition coefficient (Wildman–Crippen LogP) is 2.29. The second-order valence-electron chi connectivity index (χ2n) is 4.03. The summed E-state index contributed by atoms with van der Waals surface area (Å²) in [7, 11) is 0. The van der Waals surface area contributed by atoms with Crippen molar-refractivity contribution in [2.45, 2.75) is 20.3 Å². The largest absolute Gasteiger partial charge is 0.493 e. The summed E-state index contributed by atoms with van der Waals surface area (Å²) in [4.78, 5) is 0. The van der Waals surface area contributed by atoms with E-state index >= 15 is 0 Å². The van der Waals surface area contributed by atoms with Gasteiger partial charge in [-0.15, -0.1) is 10.2 Å². The molecule has 0 unspecified atom stereocenters. The maximum Gasteiger partial charge on any atom is 0.251 e. The lowest BCUT2D eigenvalue weighted by Crippen LogP contribution is -2.16. The van der Waals surface area contributed by atoms with E-state index in [9.17, 15) is 0 Å². The fourth-order valence-corrected chi connectivity index (χ4v) is 1.76. The third kappa shape index (κ3) is 3.54. The van der Waals surface area contributed by atoms with Gasteiger partial charge in [-0.3, -0.25) is 0 Å². The van der Waals surface area contributed by atoms with Crippen LogP contribution in [0.3, 0.4) is 0 Å². The second kappa shape index (κ2) is 6.89. The summed E-state index contributed by atoms with van der Waals surface area (Å²) in [6, 6.07) is 7.69. The van der Waals surface area contributed by atoms with Gasteiger partial charge in [0.15, 0.2) is 0 Å². The minimum absolute atomic E-state index is 0.510. The normalized spacial score (nSPS) is 10.6. The molecule has 2 rings (SSSR count). The van der Waals surface area contributed by atoms with Gasteiger partial charge in [0.05, 0.1) is 12.2 Å². The first kappa shape index (κ1) is 13.5. The van der Waals surface area contributed by atoms with Gasteiger partial charge in [0.2, 0.25) is 5.89 Å². The van der Waals surface area contributed by atoms with Crippen molar-refractivity contribution in [2.24, 2.45) is 0 Å². The number of aromatic nitrogens is 2. The molecule has 0 aliphatic carbocycles. The van der Waals surface area contributed by atoms with Crippen LogP contribution in [-0.4, -0.2) is 29.9 Å². The summed E-state index contributed by atoms with van der Waals surface area (Å²) in [5.74, 6) is 1.92. The molecule has 1 heterocycles. The number of benzene rings is 1. The summed E-state index contributed by atoms with van der Waals surface area (Å²) < 4.78 is 11.2. The summed E-state index contributed by atoms with van der Waals surface area (Å²) in [5.41, 5.74) is 0.839. The molecule has 1 N–H and O–H groups in total. The molecule has 2 aromatic rings. The van der Waals surface area contributed by atoms with E-state index in [2.05, 4.69) is 22.4 Å². The SMILES string of the molecule is CCNCCc1nnc(-c2ccccc2OCC)o1. The fourth-order valence-electron chi connectivity index (χ4n) is 1.76. The molecule has 0 aliphatic heterocycles. The van der Waals surface area contributed by atoms with Gasteiger partial charge >= 0.3 is 0 Å². The quantitative estimate of drug-likeness (QED) is 0.775. The number of nitrogens with zero attached hydrogens (tertiary/aromatic N) is 2. The molecule has 0 radical (unpaired) electrons. The van der Waals surface area contributed by atoms with Crippen molar-refractivity contribution in [3.05, 3.63) is 30.2 Å². The van der Waals surface area contributed by atoms with Gasteiger partial charge in [-0.05, 0) is 25.6 Å². The first-order valence-corrected chi connectivity index (χ1v) is 6.60. The van der Waals surface area contributed by atoms with E-state index in [-0.39, 0.29) is 0 Å². The number of nitrogens with one attached hydrogen (secondary N) is 1. The van der Waals surface area contributed by atoms with Crippen LogP contribution >= 0.6 is 0 Å². The maximum absolute atomic E-state index is 5.66. The van der Waals surface area contributed by atoms with E-state index in [1.165, 1.54) is 0 Å². The first-order chi connectivity index (χ1) is 9.35. The number of rotatable bonds is 7. The van der Waals surface area contributed by atoms with Crippen LogP contribution in [0.2, 0.25) is 0 Å². The summed E-state index contributed by atoms with van der Waals surface area (Å²) in [5, 5.41) is 11.4. The average molecular weight is 261 g/mol. The molecule has 0 spiro atoms. The molecule has 0 bridgehead atoms. The Labute approximate surface area is 113 Å². The van der Waals surface area contributed by atoms with Crippen molar-refractivity contribution in [2.75, 3.05) is 19.7 Å². The molecule has 1 aromatic carbocycles. The van der Waals surface area contributed by atoms with E-state index in [0.29, 0.717) is 18.4 Å². The Bertz CT molecular complexity index is 511. The number of likely N-dealkylation sites (N-methyl/N-ethyl adjacent to an activating group) is 1. The van der Waals surface area contributed by atoms with Gasteiger partial charge in [0.25, 0.3) is 5.89 Å². The van der Waals surface area contributed by atoms with Crippen molar-refractivity contribution in [3.63, 3.8) is 0 Å². The predicted molar refractivity (Wildman–Crippen MR) is 73.2 cm³/mol. The average Bonchev–Trinajstić information content (AvgIpc) is 2.89. The minimum atomic E-state index is 0.510. The van der Waals surface area contributed by atoms with Crippen molar-refractivity contribution in [1.82, 2.24) is 15.5 Å². The van der Waals surface area contributed by atoms with Crippen molar-refractivity contribution >= 4 is 0 Å². The van der Waals surface area contributed by atoms with Gasteiger partial charge in [-0.2, -0.15) is 0 Å². The highest BCUT2D eigenvalue weighted by molar-refractivity contribution is 5.62. The number of ether oxygens (including phenoxy) is 1. The second-order valence-corrected chi connectivity index (χ2v) is 4.03. The minimum Gasteiger partial charge on any atom is -0.493 e. The molecule has 5 heteroatoms. The van der Waals surface area contributed by atoms with Gasteiger partial charge in [0, 0.05) is 13.0 Å². The molecule has 0 saturated carbocycles. The number of hydrogen-bond acceptors (Lipinski definition) is 5. The highest BCUT2D eigenvalue weighted by atomic mass is 16.5. The van der Waals surface area contributed by atoms with Crippen LogP contribution in [0.25, 0.3) is 11.5 Å². The monoisotopic (exact) mass is 261 g/mol. The highest BCUT2D eigenvalue weighted by Crippen LogP contribution is 2.28. The van der Waals surface area contributed by atoms with Gasteiger partial charge < -0.3 is 14.5 Å². The Balaban J connectivity index is 2.13. The lowest BCUT2D eigenvalue weighted by Gasteiger charge is -2.06. The van der Waals surface area contributed by atoms with Crippen LogP contribution in [0.1, 0.15) is 19.7 Å². The van der Waals surface area contributed by atoms with Crippen LogP contribution in [0.4, 0.5) is 0 Å². The van der Waals surface area contributed by atoms with Crippen molar-refractivity contribution in [3.8, 4) is 17.2 Å². The Hall–Kier alpha value is -1.88. The van der Waals surface area contributed by atoms with Crippen molar-refractivity contribution < 1.29 is 9.15 Å². The molecule has 0 aliphatic rings. The van der Waals surface area contributed by atoms with E-state index in [1.807, 2.05) is 31.2 Å². The zero-order chi connectivity index (χ0) is 13.5. The molecular formula is C14H19N3O2. The van der Waals surface area contributed by atoms with Gasteiger partial charge in [0.1, 0.15) is 5.75 Å². The lowest BCUT2D eigenvalue weighted by molar-refractivity contribution is 0.340. The molecule has 1 aromatic heterocycles. The molecule has 0 amide bonds. The Morgan fingerprint density at radius 1 is 1.21 bits per heavy atom. The first-order valence-electron chi connectivity index (χ1n) is 6.60.